The van der Waals surface area contributed by atoms with Crippen LogP contribution in [0.15, 0.2) is 0 Å². The second-order valence-corrected chi connectivity index (χ2v) is 4.64. The Balaban J connectivity index is 2.53. The minimum Gasteiger partial charge on any atom is -0.466 e. The van der Waals surface area contributed by atoms with Crippen LogP contribution in [0.3, 0.4) is 0 Å². The van der Waals surface area contributed by atoms with Crippen LogP contribution in [0.25, 0.3) is 0 Å². The van der Waals surface area contributed by atoms with Crippen molar-refractivity contribution in [1.29, 1.82) is 0 Å². The molecule has 0 aromatic rings. The Morgan fingerprint density at radius 2 is 2.07 bits per heavy atom. The summed E-state index contributed by atoms with van der Waals surface area (Å²) in [5, 5.41) is 0. The molecule has 0 radical (unpaired) electrons. The van der Waals surface area contributed by atoms with Gasteiger partial charge in [-0.05, 0) is 38.5 Å². The highest BCUT2D eigenvalue weighted by molar-refractivity contribution is 5.76. The molecule has 1 saturated carbocycles. The molecular formula is C12H20O3. The minimum absolute atomic E-state index is 0.237. The molecule has 0 unspecified atom stereocenters. The maximum absolute atomic E-state index is 11.4. The molecule has 0 aromatic carbocycles. The lowest BCUT2D eigenvalue weighted by Crippen LogP contribution is -2.31. The average molecular weight is 212 g/mol. The van der Waals surface area contributed by atoms with E-state index in [1.165, 1.54) is 0 Å². The van der Waals surface area contributed by atoms with Gasteiger partial charge in [0.25, 0.3) is 0 Å². The van der Waals surface area contributed by atoms with Crippen LogP contribution in [0.1, 0.15) is 46.0 Å². The monoisotopic (exact) mass is 212 g/mol. The van der Waals surface area contributed by atoms with E-state index in [4.69, 9.17) is 4.74 Å². The van der Waals surface area contributed by atoms with E-state index in [2.05, 4.69) is 6.92 Å². The maximum Gasteiger partial charge on any atom is 0.306 e. The predicted octanol–water partition coefficient (Wildman–Crippen LogP) is 2.33. The molecule has 0 saturated heterocycles. The molecule has 86 valence electrons. The summed E-state index contributed by atoms with van der Waals surface area (Å²) < 4.78 is 4.90. The van der Waals surface area contributed by atoms with E-state index in [-0.39, 0.29) is 12.4 Å². The van der Waals surface area contributed by atoms with Crippen molar-refractivity contribution in [3.63, 3.8) is 0 Å². The normalized spacial score (nSPS) is 30.9. The van der Waals surface area contributed by atoms with Gasteiger partial charge in [-0.15, -0.1) is 0 Å². The summed E-state index contributed by atoms with van der Waals surface area (Å²) in [6, 6.07) is 0. The summed E-state index contributed by atoms with van der Waals surface area (Å²) >= 11 is 0. The van der Waals surface area contributed by atoms with E-state index in [0.717, 1.165) is 32.0 Å². The van der Waals surface area contributed by atoms with Crippen LogP contribution < -0.4 is 0 Å². The molecule has 3 nitrogen and oxygen atoms in total. The first-order valence-electron chi connectivity index (χ1n) is 5.74. The van der Waals surface area contributed by atoms with Gasteiger partial charge >= 0.3 is 5.97 Å². The number of rotatable bonds is 4. The van der Waals surface area contributed by atoms with Crippen molar-refractivity contribution in [2.75, 3.05) is 6.61 Å². The number of hydrogen-bond donors (Lipinski definition) is 0. The summed E-state index contributed by atoms with van der Waals surface area (Å²) in [7, 11) is 0. The van der Waals surface area contributed by atoms with Crippen LogP contribution >= 0.6 is 0 Å². The number of carbonyl (C=O) groups is 2. The van der Waals surface area contributed by atoms with Crippen molar-refractivity contribution in [3.8, 4) is 0 Å². The van der Waals surface area contributed by atoms with Crippen molar-refractivity contribution in [1.82, 2.24) is 0 Å². The second kappa shape index (κ2) is 5.29. The lowest BCUT2D eigenvalue weighted by atomic mass is 9.70. The van der Waals surface area contributed by atoms with Crippen molar-refractivity contribution in [3.05, 3.63) is 0 Å². The topological polar surface area (TPSA) is 43.4 Å². The van der Waals surface area contributed by atoms with Gasteiger partial charge in [-0.2, -0.15) is 0 Å². The molecule has 1 aliphatic rings. The number of carbonyl (C=O) groups excluding carboxylic acids is 2. The van der Waals surface area contributed by atoms with Gasteiger partial charge in [-0.25, -0.2) is 0 Å². The molecule has 3 heteroatoms. The standard InChI is InChI=1S/C12H20O3/c1-3-15-11(14)8-12(9-13)6-4-10(2)5-7-12/h9-10H,3-8H2,1-2H3. The zero-order chi connectivity index (χ0) is 11.3. The van der Waals surface area contributed by atoms with E-state index >= 15 is 0 Å². The second-order valence-electron chi connectivity index (χ2n) is 4.64. The van der Waals surface area contributed by atoms with Crippen LogP contribution in [-0.2, 0) is 14.3 Å². The van der Waals surface area contributed by atoms with Crippen molar-refractivity contribution >= 4 is 12.3 Å². The summed E-state index contributed by atoms with van der Waals surface area (Å²) in [6.07, 6.45) is 4.97. The highest BCUT2D eigenvalue weighted by atomic mass is 16.5. The van der Waals surface area contributed by atoms with E-state index in [1.54, 1.807) is 6.92 Å². The Labute approximate surface area is 91.2 Å². The molecule has 0 N–H and O–H groups in total. The zero-order valence-corrected chi connectivity index (χ0v) is 9.62. The van der Waals surface area contributed by atoms with Crippen LogP contribution in [0.2, 0.25) is 0 Å². The van der Waals surface area contributed by atoms with Gasteiger partial charge in [0.15, 0.2) is 0 Å². The largest absolute Gasteiger partial charge is 0.466 e. The minimum atomic E-state index is -0.432. The number of ether oxygens (including phenoxy) is 1. The van der Waals surface area contributed by atoms with Gasteiger partial charge in [-0.3, -0.25) is 4.79 Å². The molecule has 0 bridgehead atoms. The Kier molecular flexibility index (Phi) is 4.30. The van der Waals surface area contributed by atoms with Gasteiger partial charge in [0.1, 0.15) is 6.29 Å². The molecule has 0 spiro atoms. The molecule has 1 aliphatic carbocycles. The lowest BCUT2D eigenvalue weighted by molar-refractivity contribution is -0.148. The molecule has 0 aliphatic heterocycles. The Bertz CT molecular complexity index is 227. The van der Waals surface area contributed by atoms with Gasteiger partial charge < -0.3 is 9.53 Å². The first-order valence-corrected chi connectivity index (χ1v) is 5.74. The van der Waals surface area contributed by atoms with Crippen LogP contribution in [-0.4, -0.2) is 18.9 Å². The third kappa shape index (κ3) is 3.33. The van der Waals surface area contributed by atoms with Gasteiger partial charge in [0, 0.05) is 5.41 Å². The highest BCUT2D eigenvalue weighted by Gasteiger charge is 2.36. The summed E-state index contributed by atoms with van der Waals surface area (Å²) in [6.45, 7) is 4.37. The maximum atomic E-state index is 11.4. The molecular weight excluding hydrogens is 192 g/mol. The van der Waals surface area contributed by atoms with Gasteiger partial charge in [0.2, 0.25) is 0 Å². The predicted molar refractivity (Wildman–Crippen MR) is 57.4 cm³/mol. The molecule has 15 heavy (non-hydrogen) atoms. The first-order chi connectivity index (χ1) is 7.12. The first kappa shape index (κ1) is 12.2. The highest BCUT2D eigenvalue weighted by Crippen LogP contribution is 2.40. The van der Waals surface area contributed by atoms with Crippen molar-refractivity contribution in [2.45, 2.75) is 46.0 Å². The summed E-state index contributed by atoms with van der Waals surface area (Å²) in [4.78, 5) is 22.5. The average Bonchev–Trinajstić information content (AvgIpc) is 2.22. The fourth-order valence-electron chi connectivity index (χ4n) is 2.17. The Hall–Kier alpha value is -0.860. The van der Waals surface area contributed by atoms with E-state index in [1.807, 2.05) is 0 Å². The van der Waals surface area contributed by atoms with Crippen LogP contribution in [0, 0.1) is 11.3 Å². The third-order valence-corrected chi connectivity index (χ3v) is 3.32. The van der Waals surface area contributed by atoms with Gasteiger partial charge in [0.05, 0.1) is 13.0 Å². The van der Waals surface area contributed by atoms with E-state index in [0.29, 0.717) is 12.5 Å². The molecule has 0 heterocycles. The number of hydrogen-bond acceptors (Lipinski definition) is 3. The third-order valence-electron chi connectivity index (χ3n) is 3.32. The SMILES string of the molecule is CCOC(=O)CC1(C=O)CCC(C)CC1. The fourth-order valence-corrected chi connectivity index (χ4v) is 2.17. The van der Waals surface area contributed by atoms with Crippen LogP contribution in [0.4, 0.5) is 0 Å². The van der Waals surface area contributed by atoms with E-state index in [9.17, 15) is 9.59 Å². The summed E-state index contributed by atoms with van der Waals surface area (Å²) in [5.41, 5.74) is -0.432. The summed E-state index contributed by atoms with van der Waals surface area (Å²) in [5.74, 6) is 0.444. The van der Waals surface area contributed by atoms with E-state index < -0.39 is 5.41 Å². The Morgan fingerprint density at radius 1 is 1.47 bits per heavy atom. The van der Waals surface area contributed by atoms with Crippen molar-refractivity contribution in [2.24, 2.45) is 11.3 Å². The zero-order valence-electron chi connectivity index (χ0n) is 9.62. The van der Waals surface area contributed by atoms with Crippen molar-refractivity contribution < 1.29 is 14.3 Å². The molecule has 0 atom stereocenters. The number of aldehydes is 1. The number of esters is 1. The molecule has 0 aromatic heterocycles. The fraction of sp³-hybridized carbons (Fsp3) is 0.833. The Morgan fingerprint density at radius 3 is 2.53 bits per heavy atom. The molecule has 0 amide bonds. The quantitative estimate of drug-likeness (QED) is 0.530. The smallest absolute Gasteiger partial charge is 0.306 e. The molecule has 1 rings (SSSR count). The van der Waals surface area contributed by atoms with Crippen LogP contribution in [0.5, 0.6) is 0 Å². The molecule has 1 fully saturated rings. The lowest BCUT2D eigenvalue weighted by Gasteiger charge is -2.33. The van der Waals surface area contributed by atoms with Gasteiger partial charge in [-0.1, -0.05) is 6.92 Å².